The molecule has 0 fully saturated rings. The minimum absolute atomic E-state index is 0.256. The van der Waals surface area contributed by atoms with Crippen LogP contribution in [0.25, 0.3) is 0 Å². The largest absolute Gasteiger partial charge is 0.496 e. The molecule has 0 aliphatic carbocycles. The van der Waals surface area contributed by atoms with E-state index < -0.39 is 0 Å². The maximum Gasteiger partial charge on any atom is 0.189 e. The Morgan fingerprint density at radius 1 is 1.50 bits per heavy atom. The minimum atomic E-state index is 0.256. The predicted molar refractivity (Wildman–Crippen MR) is 60.7 cm³/mol. The maximum atomic E-state index is 5.68. The number of fused-ring (bicyclic) bond motifs is 1. The van der Waals surface area contributed by atoms with Crippen LogP contribution in [0, 0.1) is 0 Å². The molecule has 1 aromatic carbocycles. The number of methoxy groups -OCH3 is 1. The lowest BCUT2D eigenvalue weighted by Crippen LogP contribution is -2.14. The summed E-state index contributed by atoms with van der Waals surface area (Å²) in [5.74, 6) is 1.99. The molecule has 0 aromatic heterocycles. The molecule has 88 valence electrons. The van der Waals surface area contributed by atoms with Gasteiger partial charge in [-0.05, 0) is 24.6 Å². The summed E-state index contributed by atoms with van der Waals surface area (Å²) in [6.07, 6.45) is 0. The van der Waals surface area contributed by atoms with Crippen molar-refractivity contribution in [3.05, 3.63) is 23.3 Å². The highest BCUT2D eigenvalue weighted by Gasteiger charge is 2.18. The average Bonchev–Trinajstić information content (AvgIpc) is 2.36. The Balaban J connectivity index is 2.43. The number of rotatable bonds is 3. The van der Waals surface area contributed by atoms with E-state index in [0.29, 0.717) is 19.9 Å². The van der Waals surface area contributed by atoms with E-state index in [4.69, 9.17) is 19.9 Å². The van der Waals surface area contributed by atoms with Crippen LogP contribution in [0.3, 0.4) is 0 Å². The fraction of sp³-hybridized carbons (Fsp3) is 0.500. The summed E-state index contributed by atoms with van der Waals surface area (Å²) in [5, 5.41) is 0. The summed E-state index contributed by atoms with van der Waals surface area (Å²) >= 11 is 0. The van der Waals surface area contributed by atoms with Crippen LogP contribution in [0.1, 0.15) is 24.0 Å². The van der Waals surface area contributed by atoms with E-state index in [-0.39, 0.29) is 5.92 Å². The van der Waals surface area contributed by atoms with Crippen LogP contribution in [-0.4, -0.2) is 20.4 Å². The summed E-state index contributed by atoms with van der Waals surface area (Å²) in [5.41, 5.74) is 7.80. The van der Waals surface area contributed by atoms with Gasteiger partial charge >= 0.3 is 0 Å². The first-order chi connectivity index (χ1) is 7.76. The molecule has 1 aliphatic heterocycles. The van der Waals surface area contributed by atoms with Gasteiger partial charge in [-0.25, -0.2) is 0 Å². The summed E-state index contributed by atoms with van der Waals surface area (Å²) < 4.78 is 16.0. The molecule has 1 unspecified atom stereocenters. The molecule has 2 N–H and O–H groups in total. The third kappa shape index (κ3) is 1.99. The second-order valence-electron chi connectivity index (χ2n) is 3.95. The topological polar surface area (TPSA) is 53.7 Å². The van der Waals surface area contributed by atoms with Gasteiger partial charge in [0.25, 0.3) is 0 Å². The molecule has 1 atom stereocenters. The fourth-order valence-corrected chi connectivity index (χ4v) is 1.81. The summed E-state index contributed by atoms with van der Waals surface area (Å²) in [6.45, 7) is 3.55. The van der Waals surface area contributed by atoms with E-state index in [1.807, 2.05) is 12.1 Å². The van der Waals surface area contributed by atoms with E-state index in [9.17, 15) is 0 Å². The number of nitrogens with two attached hydrogens (primary N) is 1. The van der Waals surface area contributed by atoms with Crippen molar-refractivity contribution in [2.45, 2.75) is 19.4 Å². The zero-order chi connectivity index (χ0) is 11.5. The number of benzene rings is 1. The van der Waals surface area contributed by atoms with Gasteiger partial charge in [-0.2, -0.15) is 0 Å². The van der Waals surface area contributed by atoms with Gasteiger partial charge in [-0.15, -0.1) is 0 Å². The van der Waals surface area contributed by atoms with Gasteiger partial charge in [0, 0.05) is 11.1 Å². The summed E-state index contributed by atoms with van der Waals surface area (Å²) in [4.78, 5) is 0. The smallest absolute Gasteiger partial charge is 0.189 e. The molecule has 0 bridgehead atoms. The van der Waals surface area contributed by atoms with Crippen molar-refractivity contribution in [3.8, 4) is 11.5 Å². The van der Waals surface area contributed by atoms with Gasteiger partial charge in [0.2, 0.25) is 0 Å². The van der Waals surface area contributed by atoms with Gasteiger partial charge in [-0.3, -0.25) is 0 Å². The Labute approximate surface area is 95.3 Å². The first-order valence-corrected chi connectivity index (χ1v) is 5.37. The first-order valence-electron chi connectivity index (χ1n) is 5.37. The van der Waals surface area contributed by atoms with Crippen molar-refractivity contribution in [1.82, 2.24) is 0 Å². The first kappa shape index (κ1) is 11.2. The standard InChI is InChI=1S/C12H17NO3/c1-8(5-13)10-4-11-9(3-12(10)14-2)6-15-7-16-11/h3-4,8H,5-7,13H2,1-2H3. The van der Waals surface area contributed by atoms with Gasteiger partial charge in [0.05, 0.1) is 13.7 Å². The molecule has 4 nitrogen and oxygen atoms in total. The van der Waals surface area contributed by atoms with E-state index >= 15 is 0 Å². The molecule has 1 aromatic rings. The molecular weight excluding hydrogens is 206 g/mol. The molecule has 16 heavy (non-hydrogen) atoms. The van der Waals surface area contributed by atoms with Crippen molar-refractivity contribution in [2.24, 2.45) is 5.73 Å². The van der Waals surface area contributed by atoms with Crippen LogP contribution in [0.4, 0.5) is 0 Å². The normalized spacial score (nSPS) is 16.2. The SMILES string of the molecule is COc1cc2c(cc1C(C)CN)OCOC2. The zero-order valence-corrected chi connectivity index (χ0v) is 9.66. The van der Waals surface area contributed by atoms with Crippen molar-refractivity contribution in [3.63, 3.8) is 0 Å². The van der Waals surface area contributed by atoms with Crippen molar-refractivity contribution in [1.29, 1.82) is 0 Å². The summed E-state index contributed by atoms with van der Waals surface area (Å²) in [7, 11) is 1.67. The molecular formula is C12H17NO3. The molecule has 1 heterocycles. The lowest BCUT2D eigenvalue weighted by atomic mass is 9.98. The Kier molecular flexibility index (Phi) is 3.31. The van der Waals surface area contributed by atoms with Gasteiger partial charge in [0.15, 0.2) is 6.79 Å². The second-order valence-corrected chi connectivity index (χ2v) is 3.95. The quantitative estimate of drug-likeness (QED) is 0.846. The Bertz CT molecular complexity index is 379. The number of ether oxygens (including phenoxy) is 3. The summed E-state index contributed by atoms with van der Waals surface area (Å²) in [6, 6.07) is 3.98. The third-order valence-electron chi connectivity index (χ3n) is 2.85. The van der Waals surface area contributed by atoms with Crippen LogP contribution in [0.5, 0.6) is 11.5 Å². The molecule has 0 radical (unpaired) electrons. The zero-order valence-electron chi connectivity index (χ0n) is 9.66. The molecule has 1 aliphatic rings. The van der Waals surface area contributed by atoms with E-state index in [1.54, 1.807) is 7.11 Å². The fourth-order valence-electron chi connectivity index (χ4n) is 1.81. The Morgan fingerprint density at radius 3 is 3.00 bits per heavy atom. The van der Waals surface area contributed by atoms with Crippen LogP contribution in [0.2, 0.25) is 0 Å². The molecule has 4 heteroatoms. The third-order valence-corrected chi connectivity index (χ3v) is 2.85. The minimum Gasteiger partial charge on any atom is -0.496 e. The maximum absolute atomic E-state index is 5.68. The highest BCUT2D eigenvalue weighted by Crippen LogP contribution is 2.35. The van der Waals surface area contributed by atoms with Crippen molar-refractivity contribution in [2.75, 3.05) is 20.4 Å². The average molecular weight is 223 g/mol. The molecule has 0 spiro atoms. The van der Waals surface area contributed by atoms with E-state index in [2.05, 4.69) is 6.92 Å². The highest BCUT2D eigenvalue weighted by atomic mass is 16.7. The second kappa shape index (κ2) is 4.72. The van der Waals surface area contributed by atoms with Crippen molar-refractivity contribution >= 4 is 0 Å². The molecule has 0 saturated heterocycles. The van der Waals surface area contributed by atoms with E-state index in [1.165, 1.54) is 0 Å². The van der Waals surface area contributed by atoms with Crippen LogP contribution < -0.4 is 15.2 Å². The van der Waals surface area contributed by atoms with E-state index in [0.717, 1.165) is 22.6 Å². The highest BCUT2D eigenvalue weighted by molar-refractivity contribution is 5.48. The molecule has 0 saturated carbocycles. The lowest BCUT2D eigenvalue weighted by Gasteiger charge is -2.22. The van der Waals surface area contributed by atoms with Crippen molar-refractivity contribution < 1.29 is 14.2 Å². The van der Waals surface area contributed by atoms with Crippen LogP contribution in [-0.2, 0) is 11.3 Å². The van der Waals surface area contributed by atoms with Crippen LogP contribution in [0.15, 0.2) is 12.1 Å². The van der Waals surface area contributed by atoms with Gasteiger partial charge in [0.1, 0.15) is 11.5 Å². The number of hydrogen-bond acceptors (Lipinski definition) is 4. The lowest BCUT2D eigenvalue weighted by molar-refractivity contribution is -0.0165. The Hall–Kier alpha value is -1.26. The predicted octanol–water partition coefficient (Wildman–Crippen LogP) is 1.62. The monoisotopic (exact) mass is 223 g/mol. The van der Waals surface area contributed by atoms with Gasteiger partial charge in [-0.1, -0.05) is 6.92 Å². The van der Waals surface area contributed by atoms with Crippen LogP contribution >= 0.6 is 0 Å². The molecule has 2 rings (SSSR count). The van der Waals surface area contributed by atoms with Gasteiger partial charge < -0.3 is 19.9 Å². The molecule has 0 amide bonds. The Morgan fingerprint density at radius 2 is 2.31 bits per heavy atom. The number of hydrogen-bond donors (Lipinski definition) is 1.